The van der Waals surface area contributed by atoms with Crippen molar-refractivity contribution in [2.45, 2.75) is 96.9 Å². The van der Waals surface area contributed by atoms with Gasteiger partial charge in [-0.3, -0.25) is 0 Å². The van der Waals surface area contributed by atoms with Crippen LogP contribution in [0.4, 0.5) is 119 Å². The van der Waals surface area contributed by atoms with Crippen LogP contribution in [0.3, 0.4) is 0 Å². The minimum Gasteiger partial charge on any atom is -0.310 e. The van der Waals surface area contributed by atoms with Gasteiger partial charge < -0.3 is 34.3 Å². The molecule has 0 saturated heterocycles. The van der Waals surface area contributed by atoms with Crippen molar-refractivity contribution in [3.63, 3.8) is 0 Å². The Morgan fingerprint density at radius 2 is 0.232 bits per heavy atom. The number of hydrogen-bond acceptors (Lipinski definition) is 7. The second-order valence-corrected chi connectivity index (χ2v) is 34.5. The Kier molecular flexibility index (Phi) is 21.2. The van der Waals surface area contributed by atoms with Gasteiger partial charge in [-0.2, -0.15) is 0 Å². The maximum absolute atomic E-state index is 2.58. The second kappa shape index (κ2) is 33.1. The molecule has 7 nitrogen and oxygen atoms in total. The first-order chi connectivity index (χ1) is 60.7. The SMILES string of the molecule is Cc1ccc(N(c2ccc(C)cc2)c2ccc3c4c(N(c5ccc(C)cc5)c5ccc(C)cc5)cc(N(c5ccc(C)cc5)c5ccc(C)cc5)c5c(N(c6ccc(C)cc6)c6ccc(C)cc6)cc(N(c6ccc(C)cc6)c6ccc(C)cc6)c(c6c(N(c7ccc(C)cc7)c7ccc(C)cc7)cc(N(c7ccc(C)cc7)c7ccc(C)cc7)c2c36)c54)cc1. The number of aryl methyl sites for hydroxylation is 14. The van der Waals surface area contributed by atoms with E-state index in [1.165, 1.54) is 22.3 Å². The van der Waals surface area contributed by atoms with Crippen molar-refractivity contribution in [2.24, 2.45) is 0 Å². The van der Waals surface area contributed by atoms with Gasteiger partial charge in [-0.05, 0) is 296 Å². The lowest BCUT2D eigenvalue weighted by molar-refractivity contribution is 1.24. The van der Waals surface area contributed by atoms with Gasteiger partial charge in [0.1, 0.15) is 0 Å². The van der Waals surface area contributed by atoms with E-state index in [4.69, 9.17) is 0 Å². The molecule has 19 aromatic rings. The van der Waals surface area contributed by atoms with E-state index in [1.807, 2.05) is 0 Å². The molecule has 0 saturated carbocycles. The quantitative estimate of drug-likeness (QED) is 0.0522. The number of fused-ring (bicyclic) bond motifs is 2. The fraction of sp³-hybridized carbons (Fsp3) is 0.119. The van der Waals surface area contributed by atoms with Gasteiger partial charge in [0.25, 0.3) is 0 Å². The van der Waals surface area contributed by atoms with Gasteiger partial charge in [0.2, 0.25) is 0 Å². The van der Waals surface area contributed by atoms with Crippen LogP contribution >= 0.6 is 0 Å². The average Bonchev–Trinajstić information content (AvgIpc) is 0.670. The van der Waals surface area contributed by atoms with Crippen LogP contribution < -0.4 is 34.3 Å². The minimum absolute atomic E-state index is 0.963. The Morgan fingerprint density at radius 1 is 0.104 bits per heavy atom. The zero-order valence-corrected chi connectivity index (χ0v) is 73.8. The minimum atomic E-state index is 0.963. The number of rotatable bonds is 21. The molecular weight excluding hydrogens is 1520 g/mol. The summed E-state index contributed by atoms with van der Waals surface area (Å²) in [6.45, 7) is 30.7. The standard InChI is InChI=1S/C118H103N7/c1-76-15-43-90(44-16-76)119(91-45-17-77(2)18-46-91)105-72-71-104-112-106(120(92-47-19-78(3)20-48-92)93-49-21-79(4)22-50-93)73-108(122(96-55-27-82(7)28-56-96)97-57-29-83(8)30-58-97)115-109(123(98-59-31-84(9)32-60-98)99-61-33-85(10)34-62-99)75-111(125(102-67-39-88(13)40-68-102)103-69-41-89(14)42-70-103)117(118(112)115)116-110(124(100-63-35-86(11)36-64-100)101-65-37-87(12)38-66-101)74-107(114(105)113(104)116)121(94-51-23-80(5)24-52-94)95-53-25-81(6)26-54-95/h15-75H,1-14H3. The Balaban J connectivity index is 1.19. The lowest BCUT2D eigenvalue weighted by Crippen LogP contribution is -2.19. The van der Waals surface area contributed by atoms with E-state index >= 15 is 0 Å². The van der Waals surface area contributed by atoms with Crippen LogP contribution in [0.1, 0.15) is 77.9 Å². The third-order valence-corrected chi connectivity index (χ3v) is 24.8. The van der Waals surface area contributed by atoms with Crippen molar-refractivity contribution >= 4 is 163 Å². The van der Waals surface area contributed by atoms with Crippen molar-refractivity contribution in [3.05, 3.63) is 448 Å². The first kappa shape index (κ1) is 79.8. The molecular formula is C118H103N7. The van der Waals surface area contributed by atoms with Crippen LogP contribution in [0.15, 0.2) is 370 Å². The zero-order valence-electron chi connectivity index (χ0n) is 73.8. The van der Waals surface area contributed by atoms with Gasteiger partial charge in [-0.1, -0.05) is 254 Å². The molecule has 0 unspecified atom stereocenters. The summed E-state index contributed by atoms with van der Waals surface area (Å²) in [7, 11) is 0. The average molecular weight is 1620 g/mol. The fourth-order valence-corrected chi connectivity index (χ4v) is 18.0. The Labute approximate surface area is 736 Å². The summed E-state index contributed by atoms with van der Waals surface area (Å²) in [6, 6.07) is 141. The van der Waals surface area contributed by atoms with Gasteiger partial charge in [0.05, 0.1) is 39.8 Å². The molecule has 0 spiro atoms. The van der Waals surface area contributed by atoms with E-state index in [0.29, 0.717) is 0 Å². The van der Waals surface area contributed by atoms with Crippen molar-refractivity contribution in [1.82, 2.24) is 0 Å². The number of hydrogen-bond donors (Lipinski definition) is 0. The molecule has 0 aliphatic carbocycles. The van der Waals surface area contributed by atoms with Gasteiger partial charge >= 0.3 is 0 Å². The predicted molar refractivity (Wildman–Crippen MR) is 537 cm³/mol. The largest absolute Gasteiger partial charge is 0.310 e. The van der Waals surface area contributed by atoms with Crippen LogP contribution in [-0.4, -0.2) is 0 Å². The highest BCUT2D eigenvalue weighted by Gasteiger charge is 2.38. The molecule has 0 radical (unpaired) electrons. The lowest BCUT2D eigenvalue weighted by Gasteiger charge is -2.39. The monoisotopic (exact) mass is 1620 g/mol. The highest BCUT2D eigenvalue weighted by atomic mass is 15.2. The third-order valence-electron chi connectivity index (χ3n) is 24.8. The van der Waals surface area contributed by atoms with Crippen LogP contribution in [0.25, 0.3) is 43.1 Å². The summed E-state index contributed by atoms with van der Waals surface area (Å²) in [5.74, 6) is 0. The fourth-order valence-electron chi connectivity index (χ4n) is 18.0. The summed E-state index contributed by atoms with van der Waals surface area (Å²) in [5.41, 5.74) is 37.2. The molecule has 0 amide bonds. The molecule has 0 aromatic heterocycles. The van der Waals surface area contributed by atoms with E-state index < -0.39 is 0 Å². The lowest BCUT2D eigenvalue weighted by atomic mass is 9.83. The van der Waals surface area contributed by atoms with Gasteiger partial charge in [-0.15, -0.1) is 0 Å². The first-order valence-corrected chi connectivity index (χ1v) is 43.6. The van der Waals surface area contributed by atoms with Crippen molar-refractivity contribution < 1.29 is 0 Å². The summed E-state index contributed by atoms with van der Waals surface area (Å²) >= 11 is 0. The van der Waals surface area contributed by atoms with Crippen molar-refractivity contribution in [1.29, 1.82) is 0 Å². The molecule has 0 aliphatic rings. The molecule has 0 aliphatic heterocycles. The van der Waals surface area contributed by atoms with Crippen LogP contribution in [0, 0.1) is 96.9 Å². The van der Waals surface area contributed by atoms with Gasteiger partial charge in [-0.25, -0.2) is 0 Å². The number of nitrogens with zero attached hydrogens (tertiary/aromatic N) is 7. The molecule has 0 fully saturated rings. The highest BCUT2D eigenvalue weighted by Crippen LogP contribution is 2.64. The molecule has 0 N–H and O–H groups in total. The van der Waals surface area contributed by atoms with E-state index in [2.05, 4.69) is 501 Å². The van der Waals surface area contributed by atoms with Gasteiger partial charge in [0, 0.05) is 117 Å². The first-order valence-electron chi connectivity index (χ1n) is 43.6. The van der Waals surface area contributed by atoms with E-state index in [-0.39, 0.29) is 0 Å². The second-order valence-electron chi connectivity index (χ2n) is 34.5. The van der Waals surface area contributed by atoms with Crippen molar-refractivity contribution in [2.75, 3.05) is 34.3 Å². The Bertz CT molecular complexity index is 6710. The molecule has 610 valence electrons. The predicted octanol–water partition coefficient (Wildman–Crippen LogP) is 34.3. The van der Waals surface area contributed by atoms with Gasteiger partial charge in [0.15, 0.2) is 0 Å². The smallest absolute Gasteiger partial charge is 0.0582 e. The third kappa shape index (κ3) is 15.3. The molecule has 125 heavy (non-hydrogen) atoms. The summed E-state index contributed by atoms with van der Waals surface area (Å²) in [5, 5.41) is 8.36. The van der Waals surface area contributed by atoms with Crippen LogP contribution in [0.5, 0.6) is 0 Å². The summed E-state index contributed by atoms with van der Waals surface area (Å²) in [4.78, 5) is 17.9. The topological polar surface area (TPSA) is 22.7 Å². The van der Waals surface area contributed by atoms with Crippen LogP contribution in [-0.2, 0) is 0 Å². The van der Waals surface area contributed by atoms with Crippen molar-refractivity contribution in [3.8, 4) is 0 Å². The normalized spacial score (nSPS) is 11.4. The van der Waals surface area contributed by atoms with E-state index in [1.54, 1.807) is 0 Å². The van der Waals surface area contributed by atoms with Crippen LogP contribution in [0.2, 0.25) is 0 Å². The summed E-state index contributed by atoms with van der Waals surface area (Å²) < 4.78 is 0. The number of benzene rings is 19. The number of anilines is 21. The Morgan fingerprint density at radius 3 is 0.400 bits per heavy atom. The molecule has 7 heteroatoms. The van der Waals surface area contributed by atoms with E-state index in [9.17, 15) is 0 Å². The maximum Gasteiger partial charge on any atom is 0.0582 e. The summed E-state index contributed by atoms with van der Waals surface area (Å²) in [6.07, 6.45) is 0. The maximum atomic E-state index is 2.58. The molecule has 19 aromatic carbocycles. The van der Waals surface area contributed by atoms with E-state index in [0.717, 1.165) is 218 Å². The molecule has 0 atom stereocenters. The molecule has 19 rings (SSSR count). The highest BCUT2D eigenvalue weighted by molar-refractivity contribution is 6.45. The molecule has 0 heterocycles. The Hall–Kier alpha value is -14.9. The zero-order chi connectivity index (χ0) is 86.0. The molecule has 0 bridgehead atoms.